The molecule has 0 aliphatic carbocycles. The molecule has 0 atom stereocenters. The van der Waals surface area contributed by atoms with Gasteiger partial charge in [-0.25, -0.2) is 4.79 Å². The molecule has 1 aliphatic rings. The van der Waals surface area contributed by atoms with Gasteiger partial charge in [-0.3, -0.25) is 5.32 Å². The fourth-order valence-corrected chi connectivity index (χ4v) is 1.67. The Bertz CT molecular complexity index is 553. The van der Waals surface area contributed by atoms with Crippen LogP contribution in [-0.2, 0) is 4.74 Å². The van der Waals surface area contributed by atoms with E-state index in [1.54, 1.807) is 6.92 Å². The number of alkyl halides is 2. The molecule has 0 aromatic heterocycles. The van der Waals surface area contributed by atoms with Gasteiger partial charge in [-0.15, -0.1) is 8.78 Å². The SMILES string of the molecule is CCOC(=O)NC(=S)Nc1cccc2c1OC(F)(F)O2. The van der Waals surface area contributed by atoms with Gasteiger partial charge in [0.1, 0.15) is 0 Å². The lowest BCUT2D eigenvalue weighted by atomic mass is 10.3. The van der Waals surface area contributed by atoms with E-state index in [1.165, 1.54) is 18.2 Å². The summed E-state index contributed by atoms with van der Waals surface area (Å²) in [6.45, 7) is 1.81. The summed E-state index contributed by atoms with van der Waals surface area (Å²) in [7, 11) is 0. The highest BCUT2D eigenvalue weighted by atomic mass is 32.1. The Hall–Kier alpha value is -2.16. The first kappa shape index (κ1) is 14.3. The molecule has 1 aliphatic heterocycles. The maximum Gasteiger partial charge on any atom is 0.586 e. The second-order valence-electron chi connectivity index (χ2n) is 3.60. The number of benzene rings is 1. The van der Waals surface area contributed by atoms with Crippen LogP contribution in [0.5, 0.6) is 11.5 Å². The Morgan fingerprint density at radius 1 is 1.45 bits per heavy atom. The van der Waals surface area contributed by atoms with Crippen molar-refractivity contribution in [1.82, 2.24) is 5.32 Å². The number of rotatable bonds is 2. The molecule has 2 N–H and O–H groups in total. The van der Waals surface area contributed by atoms with Crippen molar-refractivity contribution < 1.29 is 27.8 Å². The number of hydrogen-bond acceptors (Lipinski definition) is 5. The van der Waals surface area contributed by atoms with Crippen molar-refractivity contribution in [2.45, 2.75) is 13.2 Å². The second kappa shape index (κ2) is 5.45. The summed E-state index contributed by atoms with van der Waals surface area (Å²) in [5, 5.41) is 4.65. The monoisotopic (exact) mass is 304 g/mol. The predicted octanol–water partition coefficient (Wildman–Crippen LogP) is 2.45. The summed E-state index contributed by atoms with van der Waals surface area (Å²) in [4.78, 5) is 11.1. The number of carbonyl (C=O) groups excluding carboxylic acids is 1. The minimum absolute atomic E-state index is 0.115. The first-order chi connectivity index (χ1) is 9.41. The molecule has 6 nitrogen and oxygen atoms in total. The molecular weight excluding hydrogens is 294 g/mol. The molecule has 1 amide bonds. The highest BCUT2D eigenvalue weighted by molar-refractivity contribution is 7.80. The first-order valence-electron chi connectivity index (χ1n) is 5.55. The Labute approximate surface area is 118 Å². The van der Waals surface area contributed by atoms with E-state index < -0.39 is 12.4 Å². The summed E-state index contributed by atoms with van der Waals surface area (Å²) in [6, 6.07) is 4.24. The third kappa shape index (κ3) is 3.23. The fourth-order valence-electron chi connectivity index (χ4n) is 1.48. The molecule has 2 rings (SSSR count). The van der Waals surface area contributed by atoms with Crippen molar-refractivity contribution in [3.63, 3.8) is 0 Å². The van der Waals surface area contributed by atoms with Gasteiger partial charge in [-0.05, 0) is 31.3 Å². The highest BCUT2D eigenvalue weighted by Crippen LogP contribution is 2.45. The van der Waals surface area contributed by atoms with Crippen LogP contribution in [0.4, 0.5) is 19.3 Å². The number of halogens is 2. The van der Waals surface area contributed by atoms with Crippen LogP contribution in [0.25, 0.3) is 0 Å². The van der Waals surface area contributed by atoms with Crippen LogP contribution in [0.15, 0.2) is 18.2 Å². The summed E-state index contributed by atoms with van der Waals surface area (Å²) in [5.74, 6) is -0.315. The molecule has 9 heteroatoms. The lowest BCUT2D eigenvalue weighted by molar-refractivity contribution is -0.286. The highest BCUT2D eigenvalue weighted by Gasteiger charge is 2.44. The molecule has 1 aromatic rings. The normalized spacial score (nSPS) is 14.6. The molecule has 0 radical (unpaired) electrons. The van der Waals surface area contributed by atoms with E-state index in [-0.39, 0.29) is 28.9 Å². The van der Waals surface area contributed by atoms with Crippen molar-refractivity contribution in [2.75, 3.05) is 11.9 Å². The van der Waals surface area contributed by atoms with E-state index in [1.807, 2.05) is 0 Å². The van der Waals surface area contributed by atoms with Gasteiger partial charge in [0.15, 0.2) is 16.6 Å². The first-order valence-corrected chi connectivity index (χ1v) is 5.95. The standard InChI is InChI=1S/C11H10F2N2O4S/c1-2-17-10(16)15-9(20)14-6-4-3-5-7-8(6)19-11(12,13)18-7/h3-5H,2H2,1H3,(H2,14,15,16,20). The van der Waals surface area contributed by atoms with Crippen LogP contribution in [0.1, 0.15) is 6.92 Å². The van der Waals surface area contributed by atoms with Gasteiger partial charge >= 0.3 is 12.4 Å². The van der Waals surface area contributed by atoms with Crippen molar-refractivity contribution in [1.29, 1.82) is 0 Å². The van der Waals surface area contributed by atoms with Crippen LogP contribution in [0, 0.1) is 0 Å². The number of carbonyl (C=O) groups is 1. The number of ether oxygens (including phenoxy) is 3. The lowest BCUT2D eigenvalue weighted by Gasteiger charge is -2.11. The number of anilines is 1. The molecular formula is C11H10F2N2O4S. The van der Waals surface area contributed by atoms with Crippen molar-refractivity contribution >= 4 is 29.1 Å². The molecule has 1 aromatic carbocycles. The molecule has 0 fully saturated rings. The predicted molar refractivity (Wildman–Crippen MR) is 69.0 cm³/mol. The van der Waals surface area contributed by atoms with Crippen LogP contribution < -0.4 is 20.1 Å². The molecule has 0 spiro atoms. The number of thiocarbonyl (C=S) groups is 1. The molecule has 0 saturated carbocycles. The molecule has 20 heavy (non-hydrogen) atoms. The fraction of sp³-hybridized carbons (Fsp3) is 0.273. The van der Waals surface area contributed by atoms with E-state index in [0.717, 1.165) is 0 Å². The molecule has 0 unspecified atom stereocenters. The van der Waals surface area contributed by atoms with Gasteiger partial charge in [-0.2, -0.15) is 0 Å². The molecule has 0 saturated heterocycles. The zero-order valence-electron chi connectivity index (χ0n) is 10.2. The third-order valence-corrected chi connectivity index (χ3v) is 2.37. The molecule has 0 bridgehead atoms. The zero-order chi connectivity index (χ0) is 14.8. The third-order valence-electron chi connectivity index (χ3n) is 2.17. The molecule has 108 valence electrons. The number of amides is 1. The lowest BCUT2D eigenvalue weighted by Crippen LogP contribution is -2.34. The van der Waals surface area contributed by atoms with E-state index >= 15 is 0 Å². The van der Waals surface area contributed by atoms with Gasteiger partial charge in [0.2, 0.25) is 0 Å². The second-order valence-corrected chi connectivity index (χ2v) is 4.01. The Morgan fingerprint density at radius 2 is 2.20 bits per heavy atom. The number of alkyl carbamates (subject to hydrolysis) is 1. The van der Waals surface area contributed by atoms with Gasteiger partial charge in [0.25, 0.3) is 0 Å². The van der Waals surface area contributed by atoms with E-state index in [2.05, 4.69) is 24.8 Å². The average molecular weight is 304 g/mol. The Kier molecular flexibility index (Phi) is 3.89. The van der Waals surface area contributed by atoms with Crippen LogP contribution in [0.2, 0.25) is 0 Å². The minimum atomic E-state index is -3.73. The van der Waals surface area contributed by atoms with Crippen molar-refractivity contribution in [2.24, 2.45) is 0 Å². The molecule has 1 heterocycles. The average Bonchev–Trinajstić information content (AvgIpc) is 2.64. The number of fused-ring (bicyclic) bond motifs is 1. The minimum Gasteiger partial charge on any atom is -0.450 e. The topological polar surface area (TPSA) is 68.8 Å². The van der Waals surface area contributed by atoms with Crippen LogP contribution in [-0.4, -0.2) is 24.1 Å². The van der Waals surface area contributed by atoms with Gasteiger partial charge in [-0.1, -0.05) is 6.07 Å². The van der Waals surface area contributed by atoms with Gasteiger partial charge in [0, 0.05) is 0 Å². The summed E-state index contributed by atoms with van der Waals surface area (Å²) in [6.07, 6.45) is -4.48. The quantitative estimate of drug-likeness (QED) is 0.818. The van der Waals surface area contributed by atoms with Crippen LogP contribution in [0.3, 0.4) is 0 Å². The smallest absolute Gasteiger partial charge is 0.450 e. The zero-order valence-corrected chi connectivity index (χ0v) is 11.1. The van der Waals surface area contributed by atoms with Crippen molar-refractivity contribution in [3.8, 4) is 11.5 Å². The number of para-hydroxylation sites is 1. The van der Waals surface area contributed by atoms with E-state index in [0.29, 0.717) is 0 Å². The largest absolute Gasteiger partial charge is 0.586 e. The maximum atomic E-state index is 13.0. The van der Waals surface area contributed by atoms with Crippen LogP contribution >= 0.6 is 12.2 Å². The Balaban J connectivity index is 2.07. The summed E-state index contributed by atoms with van der Waals surface area (Å²) >= 11 is 4.85. The number of hydrogen-bond donors (Lipinski definition) is 2. The van der Waals surface area contributed by atoms with Crippen molar-refractivity contribution in [3.05, 3.63) is 18.2 Å². The number of nitrogens with one attached hydrogen (secondary N) is 2. The maximum absolute atomic E-state index is 13.0. The summed E-state index contributed by atoms with van der Waals surface area (Å²) < 4.78 is 39.2. The van der Waals surface area contributed by atoms with E-state index in [9.17, 15) is 13.6 Å². The summed E-state index contributed by atoms with van der Waals surface area (Å²) in [5.41, 5.74) is 0.140. The van der Waals surface area contributed by atoms with Gasteiger partial charge in [0.05, 0.1) is 12.3 Å². The van der Waals surface area contributed by atoms with E-state index in [4.69, 9.17) is 12.2 Å². The Morgan fingerprint density at radius 3 is 2.90 bits per heavy atom. The van der Waals surface area contributed by atoms with Gasteiger partial charge < -0.3 is 19.5 Å².